The van der Waals surface area contributed by atoms with Crippen molar-refractivity contribution in [1.29, 1.82) is 0 Å². The third-order valence-corrected chi connectivity index (χ3v) is 5.22. The number of esters is 1. The Hall–Kier alpha value is -2.08. The van der Waals surface area contributed by atoms with Crippen molar-refractivity contribution in [2.24, 2.45) is 0 Å². The Bertz CT molecular complexity index is 857. The van der Waals surface area contributed by atoms with Gasteiger partial charge in [0.05, 0.1) is 12.1 Å². The molecule has 9 nitrogen and oxygen atoms in total. The standard InChI is InChI=1S/C17H16ClNO8S/c18-8-3-1-7(2-4-8)15-19-9(6-28-15)5-10(20)26-17-13(23)11(21)12(22)14(27-17)16(24)25/h1-4,6,11-14,17,21-23H,5H2,(H,24,25)/t11-,12-,13+,14-,17+/m0/s1/i15+2. The lowest BCUT2D eigenvalue weighted by atomic mass is 9.99. The molecule has 4 N–H and O–H groups in total. The van der Waals surface area contributed by atoms with Crippen molar-refractivity contribution in [3.05, 3.63) is 40.4 Å². The van der Waals surface area contributed by atoms with Gasteiger partial charge in [0.1, 0.15) is 23.3 Å². The highest BCUT2D eigenvalue weighted by Crippen LogP contribution is 2.26. The van der Waals surface area contributed by atoms with Crippen molar-refractivity contribution in [2.45, 2.75) is 37.1 Å². The summed E-state index contributed by atoms with van der Waals surface area (Å²) in [6.07, 6.45) is -9.33. The molecule has 2 heterocycles. The predicted molar refractivity (Wildman–Crippen MR) is 96.7 cm³/mol. The quantitative estimate of drug-likeness (QED) is 0.495. The van der Waals surface area contributed by atoms with E-state index in [2.05, 4.69) is 4.98 Å². The molecular formula is C17H16ClNO8S. The number of benzene rings is 1. The van der Waals surface area contributed by atoms with Crippen LogP contribution in [-0.2, 0) is 25.5 Å². The van der Waals surface area contributed by atoms with Crippen LogP contribution < -0.4 is 0 Å². The maximum atomic E-state index is 12.1. The van der Waals surface area contributed by atoms with Gasteiger partial charge in [-0.2, -0.15) is 0 Å². The summed E-state index contributed by atoms with van der Waals surface area (Å²) in [5.74, 6) is -2.41. The molecule has 0 aliphatic carbocycles. The summed E-state index contributed by atoms with van der Waals surface area (Å²) < 4.78 is 9.84. The fourth-order valence-electron chi connectivity index (χ4n) is 2.58. The number of nitrogens with zero attached hydrogens (tertiary/aromatic N) is 1. The van der Waals surface area contributed by atoms with Crippen LogP contribution in [0.25, 0.3) is 10.6 Å². The van der Waals surface area contributed by atoms with Gasteiger partial charge in [0.25, 0.3) is 0 Å². The summed E-state index contributed by atoms with van der Waals surface area (Å²) in [6, 6.07) is 7.00. The number of rotatable bonds is 5. The normalized spacial score (nSPS) is 27.4. The second-order valence-corrected chi connectivity index (χ2v) is 7.35. The summed E-state index contributed by atoms with van der Waals surface area (Å²) in [4.78, 5) is 27.5. The Morgan fingerprint density at radius 1 is 1.18 bits per heavy atom. The Morgan fingerprint density at radius 3 is 2.50 bits per heavy atom. The van der Waals surface area contributed by atoms with Crippen molar-refractivity contribution in [1.82, 2.24) is 4.98 Å². The second kappa shape index (κ2) is 8.52. The molecule has 0 saturated carbocycles. The molecule has 3 rings (SSSR count). The molecule has 150 valence electrons. The number of carbonyl (C=O) groups excluding carboxylic acids is 1. The molecule has 28 heavy (non-hydrogen) atoms. The van der Waals surface area contributed by atoms with Gasteiger partial charge >= 0.3 is 11.9 Å². The van der Waals surface area contributed by atoms with Crippen LogP contribution in [0.2, 0.25) is 5.02 Å². The van der Waals surface area contributed by atoms with Crippen molar-refractivity contribution in [3.63, 3.8) is 0 Å². The molecule has 0 radical (unpaired) electrons. The van der Waals surface area contributed by atoms with Gasteiger partial charge in [-0.15, -0.1) is 11.3 Å². The van der Waals surface area contributed by atoms with E-state index in [4.69, 9.17) is 26.2 Å². The molecule has 11 heteroatoms. The first kappa shape index (κ1) is 20.6. The van der Waals surface area contributed by atoms with Crippen molar-refractivity contribution in [2.75, 3.05) is 0 Å². The van der Waals surface area contributed by atoms with Crippen LogP contribution in [0.5, 0.6) is 0 Å². The van der Waals surface area contributed by atoms with Crippen LogP contribution in [-0.4, -0.2) is 68.1 Å². The Labute approximate surface area is 167 Å². The molecule has 1 aliphatic heterocycles. The van der Waals surface area contributed by atoms with Crippen LogP contribution in [0.3, 0.4) is 0 Å². The number of aliphatic hydroxyl groups excluding tert-OH is 3. The van der Waals surface area contributed by atoms with Gasteiger partial charge in [0.15, 0.2) is 6.10 Å². The highest BCUT2D eigenvalue weighted by molar-refractivity contribution is 7.13. The molecule has 1 fully saturated rings. The smallest absolute Gasteiger partial charge is 0.335 e. The fraction of sp³-hybridized carbons (Fsp3) is 0.353. The number of hydrogen-bond donors (Lipinski definition) is 4. The number of aromatic nitrogens is 1. The maximum absolute atomic E-state index is 12.1. The number of hydrogen-bond acceptors (Lipinski definition) is 9. The highest BCUT2D eigenvalue weighted by Gasteiger charge is 2.48. The second-order valence-electron chi connectivity index (χ2n) is 6.05. The Kier molecular flexibility index (Phi) is 6.28. The summed E-state index contributed by atoms with van der Waals surface area (Å²) in [5.41, 5.74) is 1.22. The lowest BCUT2D eigenvalue weighted by Gasteiger charge is -2.37. The van der Waals surface area contributed by atoms with Crippen LogP contribution in [0.1, 0.15) is 5.69 Å². The van der Waals surface area contributed by atoms with E-state index in [9.17, 15) is 24.9 Å². The third-order valence-electron chi connectivity index (χ3n) is 4.03. The first-order valence-electron chi connectivity index (χ1n) is 8.08. The van der Waals surface area contributed by atoms with E-state index in [1.54, 1.807) is 29.6 Å². The van der Waals surface area contributed by atoms with Crippen LogP contribution in [0.4, 0.5) is 0 Å². The van der Waals surface area contributed by atoms with Crippen molar-refractivity contribution < 1.29 is 39.5 Å². The predicted octanol–water partition coefficient (Wildman–Crippen LogP) is 0.441. The lowest BCUT2D eigenvalue weighted by Crippen LogP contribution is -2.60. The van der Waals surface area contributed by atoms with Gasteiger partial charge in [-0.3, -0.25) is 4.79 Å². The first-order chi connectivity index (χ1) is 13.3. The van der Waals surface area contributed by atoms with Gasteiger partial charge < -0.3 is 29.9 Å². The van der Waals surface area contributed by atoms with Crippen LogP contribution in [0.15, 0.2) is 29.6 Å². The van der Waals surface area contributed by atoms with E-state index in [1.807, 2.05) is 0 Å². The summed E-state index contributed by atoms with van der Waals surface area (Å²) in [6.45, 7) is 0. The minimum Gasteiger partial charge on any atom is -0.479 e. The number of halogens is 1. The zero-order chi connectivity index (χ0) is 20.4. The summed E-state index contributed by atoms with van der Waals surface area (Å²) in [5, 5.41) is 41.1. The number of thiazole rings is 1. The number of carboxylic acids is 1. The zero-order valence-corrected chi connectivity index (χ0v) is 15.7. The Morgan fingerprint density at radius 2 is 1.86 bits per heavy atom. The van der Waals surface area contributed by atoms with Gasteiger partial charge in [0, 0.05) is 16.0 Å². The summed E-state index contributed by atoms with van der Waals surface area (Å²) in [7, 11) is 0. The van der Waals surface area contributed by atoms with E-state index >= 15 is 0 Å². The zero-order valence-electron chi connectivity index (χ0n) is 14.1. The first-order valence-corrected chi connectivity index (χ1v) is 9.34. The molecule has 1 aromatic heterocycles. The van der Waals surface area contributed by atoms with E-state index in [1.165, 1.54) is 11.3 Å². The molecule has 1 aliphatic rings. The molecule has 0 unspecified atom stereocenters. The maximum Gasteiger partial charge on any atom is 0.335 e. The molecule has 0 spiro atoms. The molecule has 0 bridgehead atoms. The fourth-order valence-corrected chi connectivity index (χ4v) is 3.53. The highest BCUT2D eigenvalue weighted by atomic mass is 35.5. The van der Waals surface area contributed by atoms with Gasteiger partial charge in [-0.1, -0.05) is 23.7 Å². The minimum atomic E-state index is -1.86. The molecular weight excluding hydrogens is 416 g/mol. The molecule has 5 atom stereocenters. The van der Waals surface area contributed by atoms with E-state index in [0.717, 1.165) is 5.56 Å². The number of ether oxygens (including phenoxy) is 2. The monoisotopic (exact) mass is 431 g/mol. The lowest BCUT2D eigenvalue weighted by molar-refractivity contribution is -0.286. The SMILES string of the molecule is O=C(Cc1cs[14c](-c2ccc(Cl)cc2)n1)O[C@@H]1O[C@H](C(=O)O)[C@@H](O)[C@H](O)[C@H]1O. The molecule has 2 aromatic rings. The largest absolute Gasteiger partial charge is 0.479 e. The van der Waals surface area contributed by atoms with Gasteiger partial charge in [0.2, 0.25) is 6.29 Å². The number of aliphatic carboxylic acids is 1. The third kappa shape index (κ3) is 4.49. The van der Waals surface area contributed by atoms with Crippen LogP contribution >= 0.6 is 22.9 Å². The molecule has 1 saturated heterocycles. The number of aliphatic hydroxyl groups is 3. The van der Waals surface area contributed by atoms with E-state index in [0.29, 0.717) is 15.7 Å². The molecule has 0 amide bonds. The van der Waals surface area contributed by atoms with Gasteiger partial charge in [-0.05, 0) is 12.1 Å². The summed E-state index contributed by atoms with van der Waals surface area (Å²) >= 11 is 7.15. The topological polar surface area (TPSA) is 146 Å². The number of carbonyl (C=O) groups is 2. The molecule has 1 aromatic carbocycles. The average Bonchev–Trinajstić information content (AvgIpc) is 3.10. The van der Waals surface area contributed by atoms with Crippen molar-refractivity contribution in [3.8, 4) is 10.6 Å². The Balaban J connectivity index is 1.64. The van der Waals surface area contributed by atoms with E-state index in [-0.39, 0.29) is 6.42 Å². The number of carboxylic acid groups (broad SMARTS) is 1. The van der Waals surface area contributed by atoms with Crippen LogP contribution in [0, 0.1) is 0 Å². The average molecular weight is 432 g/mol. The van der Waals surface area contributed by atoms with Gasteiger partial charge in [-0.25, -0.2) is 9.78 Å². The minimum absolute atomic E-state index is 0.257. The van der Waals surface area contributed by atoms with Crippen molar-refractivity contribution >= 4 is 34.9 Å². The van der Waals surface area contributed by atoms with E-state index < -0.39 is 42.6 Å².